The third kappa shape index (κ3) is 5.71. The molecule has 1 aliphatic heterocycles. The quantitative estimate of drug-likeness (QED) is 0.446. The lowest BCUT2D eigenvalue weighted by Gasteiger charge is -2.41. The first-order valence-electron chi connectivity index (χ1n) is 12.1. The molecule has 1 fully saturated rings. The summed E-state index contributed by atoms with van der Waals surface area (Å²) < 4.78 is 11.3. The van der Waals surface area contributed by atoms with Gasteiger partial charge in [-0.2, -0.15) is 0 Å². The molecule has 2 aliphatic carbocycles. The molecule has 166 valence electrons. The summed E-state index contributed by atoms with van der Waals surface area (Å²) >= 11 is 0. The highest BCUT2D eigenvalue weighted by molar-refractivity contribution is 5.86. The van der Waals surface area contributed by atoms with Gasteiger partial charge in [0.05, 0.1) is 31.5 Å². The predicted molar refractivity (Wildman–Crippen MR) is 119 cm³/mol. The van der Waals surface area contributed by atoms with Gasteiger partial charge in [0.2, 0.25) is 0 Å². The van der Waals surface area contributed by atoms with Crippen LogP contribution in [0.4, 0.5) is 0 Å². The molecule has 0 aromatic carbocycles. The monoisotopic (exact) mass is 405 g/mol. The van der Waals surface area contributed by atoms with Crippen LogP contribution in [0.5, 0.6) is 0 Å². The maximum Gasteiger partial charge on any atom is 0.0790 e. The number of allylic oxidation sites excluding steroid dienone is 1. The second kappa shape index (κ2) is 11.1. The Balaban J connectivity index is 1.69. The van der Waals surface area contributed by atoms with Crippen LogP contribution in [0, 0.1) is 23.7 Å². The van der Waals surface area contributed by atoms with E-state index in [1.54, 1.807) is 7.11 Å². The molecule has 0 aromatic heterocycles. The largest absolute Gasteiger partial charge is 0.391 e. The molecular formula is C25H43NO3. The van der Waals surface area contributed by atoms with E-state index in [0.29, 0.717) is 36.9 Å². The number of hydrogen-bond acceptors (Lipinski definition) is 4. The molecule has 0 spiro atoms. The van der Waals surface area contributed by atoms with Gasteiger partial charge in [-0.25, -0.2) is 0 Å². The summed E-state index contributed by atoms with van der Waals surface area (Å²) in [6.07, 6.45) is 12.8. The smallest absolute Gasteiger partial charge is 0.0790 e. The van der Waals surface area contributed by atoms with Crippen LogP contribution in [0.3, 0.4) is 0 Å². The van der Waals surface area contributed by atoms with E-state index >= 15 is 0 Å². The molecule has 3 rings (SSSR count). The number of ether oxygens (including phenoxy) is 2. The Labute approximate surface area is 178 Å². The van der Waals surface area contributed by atoms with Crippen LogP contribution in [0.25, 0.3) is 0 Å². The second-order valence-electron chi connectivity index (χ2n) is 9.67. The fourth-order valence-electron chi connectivity index (χ4n) is 6.06. The Morgan fingerprint density at radius 3 is 2.59 bits per heavy atom. The summed E-state index contributed by atoms with van der Waals surface area (Å²) in [6.45, 7) is 8.27. The van der Waals surface area contributed by atoms with Gasteiger partial charge in [0.25, 0.3) is 0 Å². The van der Waals surface area contributed by atoms with Crippen molar-refractivity contribution in [1.29, 1.82) is 0 Å². The van der Waals surface area contributed by atoms with Crippen molar-refractivity contribution in [3.63, 3.8) is 0 Å². The summed E-state index contributed by atoms with van der Waals surface area (Å²) in [5.41, 5.74) is 2.80. The topological polar surface area (TPSA) is 51.0 Å². The molecule has 0 radical (unpaired) electrons. The summed E-state index contributed by atoms with van der Waals surface area (Å²) in [5, 5.41) is 10.6. The second-order valence-corrected chi connectivity index (χ2v) is 9.67. The van der Waals surface area contributed by atoms with Crippen LogP contribution in [0.2, 0.25) is 0 Å². The number of methoxy groups -OCH3 is 1. The minimum Gasteiger partial charge on any atom is -0.391 e. The third-order valence-corrected chi connectivity index (χ3v) is 7.86. The van der Waals surface area contributed by atoms with Crippen molar-refractivity contribution < 1.29 is 14.6 Å². The van der Waals surface area contributed by atoms with E-state index in [1.807, 2.05) is 0 Å². The van der Waals surface area contributed by atoms with Crippen molar-refractivity contribution in [1.82, 2.24) is 0 Å². The number of aliphatic hydroxyl groups excluding tert-OH is 1. The van der Waals surface area contributed by atoms with Gasteiger partial charge in [0.15, 0.2) is 0 Å². The Morgan fingerprint density at radius 2 is 1.90 bits per heavy atom. The molecular weight excluding hydrogens is 362 g/mol. The lowest BCUT2D eigenvalue weighted by molar-refractivity contribution is -0.0142. The zero-order chi connectivity index (χ0) is 20.8. The van der Waals surface area contributed by atoms with Crippen LogP contribution in [-0.4, -0.2) is 49.4 Å². The molecule has 0 aromatic rings. The zero-order valence-corrected chi connectivity index (χ0v) is 19.1. The highest BCUT2D eigenvalue weighted by atomic mass is 16.5. The predicted octanol–water partition coefficient (Wildman–Crippen LogP) is 5.19. The summed E-state index contributed by atoms with van der Waals surface area (Å²) in [5.74, 6) is 2.27. The van der Waals surface area contributed by atoms with Gasteiger partial charge in [-0.3, -0.25) is 4.99 Å². The van der Waals surface area contributed by atoms with E-state index in [-0.39, 0.29) is 18.2 Å². The SMILES string of the molecule is CCC1C(OCCOC)C=C(C)C(CC2=NC(C3CCCCC3)C(O)CC2)C1C. The van der Waals surface area contributed by atoms with E-state index in [9.17, 15) is 5.11 Å². The average molecular weight is 406 g/mol. The highest BCUT2D eigenvalue weighted by Crippen LogP contribution is 2.41. The molecule has 4 nitrogen and oxygen atoms in total. The van der Waals surface area contributed by atoms with Gasteiger partial charge < -0.3 is 14.6 Å². The minimum absolute atomic E-state index is 0.148. The number of hydrogen-bond donors (Lipinski definition) is 1. The van der Waals surface area contributed by atoms with Crippen LogP contribution >= 0.6 is 0 Å². The zero-order valence-electron chi connectivity index (χ0n) is 19.1. The van der Waals surface area contributed by atoms with Gasteiger partial charge in [-0.05, 0) is 62.7 Å². The maximum absolute atomic E-state index is 10.6. The molecule has 0 bridgehead atoms. The summed E-state index contributed by atoms with van der Waals surface area (Å²) in [7, 11) is 1.73. The molecule has 6 atom stereocenters. The van der Waals surface area contributed by atoms with Gasteiger partial charge in [0, 0.05) is 12.8 Å². The molecule has 4 heteroatoms. The molecule has 1 heterocycles. The Bertz CT molecular complexity index is 566. The van der Waals surface area contributed by atoms with Gasteiger partial charge in [-0.15, -0.1) is 0 Å². The van der Waals surface area contributed by atoms with Gasteiger partial charge in [-0.1, -0.05) is 51.2 Å². The minimum atomic E-state index is -0.232. The van der Waals surface area contributed by atoms with E-state index in [0.717, 1.165) is 25.7 Å². The van der Waals surface area contributed by atoms with Crippen LogP contribution in [0.1, 0.15) is 78.6 Å². The number of rotatable bonds is 8. The van der Waals surface area contributed by atoms with Crippen LogP contribution in [0.15, 0.2) is 16.6 Å². The van der Waals surface area contributed by atoms with E-state index in [4.69, 9.17) is 14.5 Å². The standard InChI is InChI=1S/C25H43NO3/c1-5-21-18(3)22(17(2)15-24(21)29-14-13-28-4)16-20-11-12-23(27)25(26-20)19-9-7-6-8-10-19/h15,18-19,21-25,27H,5-14,16H2,1-4H3. The maximum atomic E-state index is 10.6. The van der Waals surface area contributed by atoms with Crippen LogP contribution < -0.4 is 0 Å². The first-order valence-corrected chi connectivity index (χ1v) is 12.1. The van der Waals surface area contributed by atoms with Crippen LogP contribution in [-0.2, 0) is 9.47 Å². The highest BCUT2D eigenvalue weighted by Gasteiger charge is 2.38. The number of aliphatic imine (C=N–C) groups is 1. The summed E-state index contributed by atoms with van der Waals surface area (Å²) in [4.78, 5) is 5.17. The lowest BCUT2D eigenvalue weighted by Crippen LogP contribution is -2.40. The molecule has 29 heavy (non-hydrogen) atoms. The molecule has 0 amide bonds. The fourth-order valence-corrected chi connectivity index (χ4v) is 6.06. The van der Waals surface area contributed by atoms with E-state index in [2.05, 4.69) is 26.8 Å². The molecule has 3 aliphatic rings. The van der Waals surface area contributed by atoms with Crippen molar-refractivity contribution in [2.45, 2.75) is 96.8 Å². The third-order valence-electron chi connectivity index (χ3n) is 7.86. The first kappa shape index (κ1) is 23.0. The van der Waals surface area contributed by atoms with Crippen molar-refractivity contribution >= 4 is 5.71 Å². The van der Waals surface area contributed by atoms with Crippen molar-refractivity contribution in [2.75, 3.05) is 20.3 Å². The first-order chi connectivity index (χ1) is 14.0. The van der Waals surface area contributed by atoms with Crippen molar-refractivity contribution in [3.8, 4) is 0 Å². The summed E-state index contributed by atoms with van der Waals surface area (Å²) in [6, 6.07) is 0.148. The van der Waals surface area contributed by atoms with Crippen molar-refractivity contribution in [2.24, 2.45) is 28.7 Å². The average Bonchev–Trinajstić information content (AvgIpc) is 2.73. The Kier molecular flexibility index (Phi) is 8.76. The molecule has 6 unspecified atom stereocenters. The van der Waals surface area contributed by atoms with E-state index < -0.39 is 0 Å². The molecule has 1 N–H and O–H groups in total. The van der Waals surface area contributed by atoms with Gasteiger partial charge in [0.1, 0.15) is 0 Å². The molecule has 1 saturated carbocycles. The van der Waals surface area contributed by atoms with Gasteiger partial charge >= 0.3 is 0 Å². The molecule has 0 saturated heterocycles. The lowest BCUT2D eigenvalue weighted by atomic mass is 9.68. The van der Waals surface area contributed by atoms with E-state index in [1.165, 1.54) is 43.4 Å². The Hall–Kier alpha value is -0.710. The van der Waals surface area contributed by atoms with Crippen molar-refractivity contribution in [3.05, 3.63) is 11.6 Å². The number of aliphatic hydroxyl groups is 1. The fraction of sp³-hybridized carbons (Fsp3) is 0.880. The Morgan fingerprint density at radius 1 is 1.14 bits per heavy atom. The number of nitrogens with zero attached hydrogens (tertiary/aromatic N) is 1. The normalized spacial score (nSPS) is 36.6.